The van der Waals surface area contributed by atoms with Gasteiger partial charge < -0.3 is 20.7 Å². The van der Waals surface area contributed by atoms with Crippen LogP contribution < -0.4 is 20.7 Å². The molecule has 164 valence electrons. The monoisotopic (exact) mass is 528 g/mol. The summed E-state index contributed by atoms with van der Waals surface area (Å²) in [5.74, 6) is 0.827. The number of guanidine groups is 1. The van der Waals surface area contributed by atoms with E-state index in [1.807, 2.05) is 12.1 Å². The number of aryl methyl sites for hydroxylation is 2. The topological polar surface area (TPSA) is 74.8 Å². The number of amides is 1. The quantitative estimate of drug-likeness (QED) is 0.213. The lowest BCUT2D eigenvalue weighted by Crippen LogP contribution is -2.42. The Labute approximate surface area is 194 Å². The average Bonchev–Trinajstić information content (AvgIpc) is 2.71. The van der Waals surface area contributed by atoms with E-state index in [9.17, 15) is 9.18 Å². The van der Waals surface area contributed by atoms with Gasteiger partial charge >= 0.3 is 0 Å². The Bertz CT molecular complexity index is 874. The molecular weight excluding hydrogens is 498 g/mol. The van der Waals surface area contributed by atoms with Crippen LogP contribution in [0.4, 0.5) is 4.39 Å². The van der Waals surface area contributed by atoms with Gasteiger partial charge in [0.15, 0.2) is 5.96 Å². The van der Waals surface area contributed by atoms with Crippen molar-refractivity contribution in [3.05, 3.63) is 64.5 Å². The zero-order valence-corrected chi connectivity index (χ0v) is 20.2. The molecule has 0 radical (unpaired) electrons. The van der Waals surface area contributed by atoms with Crippen LogP contribution in [-0.4, -0.2) is 45.7 Å². The summed E-state index contributed by atoms with van der Waals surface area (Å²) < 4.78 is 19.0. The Morgan fingerprint density at radius 3 is 2.40 bits per heavy atom. The number of nitrogens with one attached hydrogen (secondary N) is 3. The highest BCUT2D eigenvalue weighted by molar-refractivity contribution is 14.0. The molecule has 2 rings (SSSR count). The third-order valence-electron chi connectivity index (χ3n) is 4.48. The molecule has 3 N–H and O–H groups in total. The molecule has 0 saturated carbocycles. The number of carbonyl (C=O) groups is 1. The van der Waals surface area contributed by atoms with E-state index < -0.39 is 0 Å². The molecule has 30 heavy (non-hydrogen) atoms. The van der Waals surface area contributed by atoms with Gasteiger partial charge in [-0.2, -0.15) is 0 Å². The highest BCUT2D eigenvalue weighted by Gasteiger charge is 2.08. The summed E-state index contributed by atoms with van der Waals surface area (Å²) in [5.41, 5.74) is 3.14. The van der Waals surface area contributed by atoms with E-state index in [1.165, 1.54) is 11.6 Å². The lowest BCUT2D eigenvalue weighted by molar-refractivity contribution is 0.0954. The summed E-state index contributed by atoms with van der Waals surface area (Å²) in [6.07, 6.45) is 0.793. The highest BCUT2D eigenvalue weighted by atomic mass is 127. The predicted molar refractivity (Wildman–Crippen MR) is 130 cm³/mol. The van der Waals surface area contributed by atoms with Gasteiger partial charge in [0.05, 0.1) is 7.11 Å². The van der Waals surface area contributed by atoms with Crippen LogP contribution in [0.5, 0.6) is 5.75 Å². The van der Waals surface area contributed by atoms with Crippen molar-refractivity contribution in [2.45, 2.75) is 20.3 Å². The van der Waals surface area contributed by atoms with Crippen molar-refractivity contribution < 1.29 is 13.9 Å². The van der Waals surface area contributed by atoms with Gasteiger partial charge in [-0.15, -0.1) is 24.0 Å². The van der Waals surface area contributed by atoms with Gasteiger partial charge in [-0.3, -0.25) is 9.79 Å². The van der Waals surface area contributed by atoms with Crippen molar-refractivity contribution in [2.75, 3.05) is 33.8 Å². The smallest absolute Gasteiger partial charge is 0.251 e. The first-order valence-electron chi connectivity index (χ1n) is 9.57. The van der Waals surface area contributed by atoms with E-state index in [4.69, 9.17) is 4.74 Å². The van der Waals surface area contributed by atoms with Crippen LogP contribution in [0.2, 0.25) is 0 Å². The largest absolute Gasteiger partial charge is 0.496 e. The molecule has 0 aliphatic heterocycles. The summed E-state index contributed by atoms with van der Waals surface area (Å²) in [6.45, 7) is 5.29. The molecule has 6 nitrogen and oxygen atoms in total. The second-order valence-electron chi connectivity index (χ2n) is 6.71. The Morgan fingerprint density at radius 1 is 1.03 bits per heavy atom. The standard InChI is InChI=1S/C22H29FN4O2.HI/c1-15-5-8-20(29-4)17(13-15)9-10-26-22(24-3)27-12-11-25-21(28)18-7-6-16(2)19(23)14-18;/h5-8,13-14H,9-12H2,1-4H3,(H,25,28)(H2,24,26,27);1H. The number of nitrogens with zero attached hydrogens (tertiary/aromatic N) is 1. The number of halogens is 2. The summed E-state index contributed by atoms with van der Waals surface area (Å²) in [5, 5.41) is 9.15. The number of carbonyl (C=O) groups excluding carboxylic acids is 1. The Balaban J connectivity index is 0.00000450. The molecule has 2 aromatic rings. The van der Waals surface area contributed by atoms with Crippen LogP contribution in [0.3, 0.4) is 0 Å². The van der Waals surface area contributed by atoms with Gasteiger partial charge in [0.1, 0.15) is 11.6 Å². The molecule has 0 aliphatic carbocycles. The molecule has 8 heteroatoms. The van der Waals surface area contributed by atoms with Gasteiger partial charge in [0.25, 0.3) is 5.91 Å². The second kappa shape index (κ2) is 13.0. The maximum absolute atomic E-state index is 13.6. The van der Waals surface area contributed by atoms with Crippen molar-refractivity contribution in [2.24, 2.45) is 4.99 Å². The zero-order valence-electron chi connectivity index (χ0n) is 17.8. The summed E-state index contributed by atoms with van der Waals surface area (Å²) in [6, 6.07) is 10.6. The van der Waals surface area contributed by atoms with Crippen molar-refractivity contribution >= 4 is 35.8 Å². The first kappa shape index (κ1) is 25.7. The van der Waals surface area contributed by atoms with E-state index in [0.717, 1.165) is 17.7 Å². The maximum atomic E-state index is 13.6. The third-order valence-corrected chi connectivity index (χ3v) is 4.48. The van der Waals surface area contributed by atoms with Gasteiger partial charge in [0, 0.05) is 32.2 Å². The lowest BCUT2D eigenvalue weighted by Gasteiger charge is -2.14. The number of hydrogen-bond donors (Lipinski definition) is 3. The fraction of sp³-hybridized carbons (Fsp3) is 0.364. The van der Waals surface area contributed by atoms with Gasteiger partial charge in [-0.1, -0.05) is 23.8 Å². The molecule has 0 unspecified atom stereocenters. The van der Waals surface area contributed by atoms with Crippen LogP contribution in [0.15, 0.2) is 41.4 Å². The first-order chi connectivity index (χ1) is 13.9. The van der Waals surface area contributed by atoms with Crippen molar-refractivity contribution in [3.63, 3.8) is 0 Å². The highest BCUT2D eigenvalue weighted by Crippen LogP contribution is 2.19. The Morgan fingerprint density at radius 2 is 1.73 bits per heavy atom. The normalized spacial score (nSPS) is 10.8. The Hall–Kier alpha value is -2.36. The summed E-state index contributed by atoms with van der Waals surface area (Å²) >= 11 is 0. The summed E-state index contributed by atoms with van der Waals surface area (Å²) in [7, 11) is 3.36. The van der Waals surface area contributed by atoms with E-state index >= 15 is 0 Å². The van der Waals surface area contributed by atoms with E-state index in [2.05, 4.69) is 33.9 Å². The molecule has 1 amide bonds. The van der Waals surface area contributed by atoms with Gasteiger partial charge in [0.2, 0.25) is 0 Å². The molecule has 0 aromatic heterocycles. The summed E-state index contributed by atoms with van der Waals surface area (Å²) in [4.78, 5) is 16.3. The Kier molecular flexibility index (Phi) is 11.2. The molecule has 0 heterocycles. The fourth-order valence-corrected chi connectivity index (χ4v) is 2.83. The van der Waals surface area contributed by atoms with Crippen LogP contribution in [0.1, 0.15) is 27.0 Å². The van der Waals surface area contributed by atoms with Crippen LogP contribution in [-0.2, 0) is 6.42 Å². The third kappa shape index (κ3) is 7.81. The van der Waals surface area contributed by atoms with Crippen molar-refractivity contribution in [3.8, 4) is 5.75 Å². The molecule has 0 aliphatic rings. The van der Waals surface area contributed by atoms with Crippen LogP contribution >= 0.6 is 24.0 Å². The van der Waals surface area contributed by atoms with Gasteiger partial charge in [-0.25, -0.2) is 4.39 Å². The number of rotatable bonds is 8. The molecule has 0 bridgehead atoms. The van der Waals surface area contributed by atoms with E-state index in [0.29, 0.717) is 36.7 Å². The number of aliphatic imine (C=N–C) groups is 1. The second-order valence-corrected chi connectivity index (χ2v) is 6.71. The zero-order chi connectivity index (χ0) is 21.2. The van der Waals surface area contributed by atoms with E-state index in [-0.39, 0.29) is 35.7 Å². The van der Waals surface area contributed by atoms with Crippen LogP contribution in [0.25, 0.3) is 0 Å². The molecule has 0 atom stereocenters. The molecule has 0 spiro atoms. The molecule has 0 saturated heterocycles. The average molecular weight is 528 g/mol. The SMILES string of the molecule is CN=C(NCCNC(=O)c1ccc(C)c(F)c1)NCCc1cc(C)ccc1OC.I. The lowest BCUT2D eigenvalue weighted by atomic mass is 10.1. The van der Waals surface area contributed by atoms with Crippen molar-refractivity contribution in [1.82, 2.24) is 16.0 Å². The fourth-order valence-electron chi connectivity index (χ4n) is 2.83. The number of methoxy groups -OCH3 is 1. The van der Waals surface area contributed by atoms with Crippen LogP contribution in [0, 0.1) is 19.7 Å². The number of benzene rings is 2. The molecular formula is C22H30FIN4O2. The molecule has 0 fully saturated rings. The number of hydrogen-bond acceptors (Lipinski definition) is 3. The first-order valence-corrected chi connectivity index (χ1v) is 9.57. The minimum Gasteiger partial charge on any atom is -0.496 e. The maximum Gasteiger partial charge on any atom is 0.251 e. The minimum absolute atomic E-state index is 0. The predicted octanol–water partition coefficient (Wildman–Crippen LogP) is 3.21. The van der Waals surface area contributed by atoms with Crippen molar-refractivity contribution in [1.29, 1.82) is 0 Å². The number of ether oxygens (including phenoxy) is 1. The minimum atomic E-state index is -0.384. The van der Waals surface area contributed by atoms with Gasteiger partial charge in [-0.05, 0) is 49.6 Å². The van der Waals surface area contributed by atoms with E-state index in [1.54, 1.807) is 33.2 Å². The molecule has 2 aromatic carbocycles.